The zero-order valence-electron chi connectivity index (χ0n) is 9.39. The van der Waals surface area contributed by atoms with Crippen LogP contribution in [0.3, 0.4) is 0 Å². The van der Waals surface area contributed by atoms with Gasteiger partial charge in [0, 0.05) is 24.9 Å². The molecule has 0 amide bonds. The predicted molar refractivity (Wildman–Crippen MR) is 61.2 cm³/mol. The molecule has 0 bridgehead atoms. The first-order chi connectivity index (χ1) is 7.90. The molecule has 0 aromatic carbocycles. The van der Waals surface area contributed by atoms with E-state index in [9.17, 15) is 0 Å². The number of nitrogens with two attached hydrogens (primary N) is 1. The van der Waals surface area contributed by atoms with E-state index in [0.717, 1.165) is 30.8 Å². The van der Waals surface area contributed by atoms with Crippen LogP contribution in [0.1, 0.15) is 24.8 Å². The molecular formula is C12H18N2O2. The summed E-state index contributed by atoms with van der Waals surface area (Å²) >= 11 is 0. The normalized spacial score (nSPS) is 20.7. The van der Waals surface area contributed by atoms with Gasteiger partial charge < -0.3 is 15.2 Å². The van der Waals surface area contributed by atoms with Crippen molar-refractivity contribution in [1.29, 1.82) is 0 Å². The van der Waals surface area contributed by atoms with Gasteiger partial charge in [0.15, 0.2) is 0 Å². The van der Waals surface area contributed by atoms with E-state index in [1.165, 1.54) is 6.42 Å². The molecule has 4 heteroatoms. The third-order valence-corrected chi connectivity index (χ3v) is 2.79. The van der Waals surface area contributed by atoms with Crippen LogP contribution in [0.2, 0.25) is 0 Å². The van der Waals surface area contributed by atoms with Crippen molar-refractivity contribution >= 4 is 0 Å². The smallest absolute Gasteiger partial charge is 0.142 e. The van der Waals surface area contributed by atoms with E-state index < -0.39 is 0 Å². The van der Waals surface area contributed by atoms with Gasteiger partial charge in [-0.25, -0.2) is 0 Å². The first kappa shape index (κ1) is 11.4. The van der Waals surface area contributed by atoms with E-state index in [0.29, 0.717) is 13.2 Å². The van der Waals surface area contributed by atoms with Gasteiger partial charge in [-0.1, -0.05) is 0 Å². The van der Waals surface area contributed by atoms with E-state index >= 15 is 0 Å². The van der Waals surface area contributed by atoms with Crippen LogP contribution >= 0.6 is 0 Å². The number of rotatable bonds is 4. The Bertz CT molecular complexity index is 325. The van der Waals surface area contributed by atoms with Crippen LogP contribution in [0.25, 0.3) is 0 Å². The molecule has 1 unspecified atom stereocenters. The first-order valence-corrected chi connectivity index (χ1v) is 5.77. The fourth-order valence-corrected chi connectivity index (χ4v) is 1.83. The molecule has 1 aliphatic rings. The monoisotopic (exact) mass is 222 g/mol. The van der Waals surface area contributed by atoms with Crippen molar-refractivity contribution in [3.05, 3.63) is 24.0 Å². The van der Waals surface area contributed by atoms with Crippen LogP contribution in [-0.2, 0) is 11.3 Å². The summed E-state index contributed by atoms with van der Waals surface area (Å²) in [7, 11) is 0. The second kappa shape index (κ2) is 5.82. The average molecular weight is 222 g/mol. The fraction of sp³-hybridized carbons (Fsp3) is 0.583. The van der Waals surface area contributed by atoms with E-state index in [1.807, 2.05) is 6.07 Å². The van der Waals surface area contributed by atoms with Gasteiger partial charge in [-0.2, -0.15) is 0 Å². The van der Waals surface area contributed by atoms with Crippen LogP contribution in [0.4, 0.5) is 0 Å². The van der Waals surface area contributed by atoms with Gasteiger partial charge in [0.1, 0.15) is 12.4 Å². The third kappa shape index (κ3) is 2.93. The largest absolute Gasteiger partial charge is 0.489 e. The van der Waals surface area contributed by atoms with Crippen molar-refractivity contribution in [3.63, 3.8) is 0 Å². The number of ether oxygens (including phenoxy) is 2. The molecule has 1 saturated heterocycles. The van der Waals surface area contributed by atoms with Crippen molar-refractivity contribution in [1.82, 2.24) is 4.98 Å². The summed E-state index contributed by atoms with van der Waals surface area (Å²) in [6.45, 7) is 1.92. The summed E-state index contributed by atoms with van der Waals surface area (Å²) in [6.07, 6.45) is 7.14. The highest BCUT2D eigenvalue weighted by Crippen LogP contribution is 2.18. The molecule has 1 fully saturated rings. The Labute approximate surface area is 95.8 Å². The number of pyridine rings is 1. The number of aromatic nitrogens is 1. The minimum atomic E-state index is 0.222. The maximum atomic E-state index is 5.70. The van der Waals surface area contributed by atoms with Gasteiger partial charge in [0.05, 0.1) is 12.3 Å². The van der Waals surface area contributed by atoms with Crippen molar-refractivity contribution in [3.8, 4) is 5.75 Å². The molecule has 0 spiro atoms. The summed E-state index contributed by atoms with van der Waals surface area (Å²) in [6, 6.07) is 1.89. The second-order valence-corrected chi connectivity index (χ2v) is 3.99. The Kier molecular flexibility index (Phi) is 4.13. The molecular weight excluding hydrogens is 204 g/mol. The maximum Gasteiger partial charge on any atom is 0.142 e. The molecule has 0 radical (unpaired) electrons. The fourth-order valence-electron chi connectivity index (χ4n) is 1.83. The lowest BCUT2D eigenvalue weighted by Crippen LogP contribution is -2.26. The topological polar surface area (TPSA) is 57.4 Å². The molecule has 88 valence electrons. The van der Waals surface area contributed by atoms with E-state index in [-0.39, 0.29) is 6.10 Å². The van der Waals surface area contributed by atoms with Crippen molar-refractivity contribution in [2.24, 2.45) is 5.73 Å². The Morgan fingerprint density at radius 3 is 3.19 bits per heavy atom. The highest BCUT2D eigenvalue weighted by Gasteiger charge is 2.15. The number of hydrogen-bond donors (Lipinski definition) is 1. The van der Waals surface area contributed by atoms with E-state index in [1.54, 1.807) is 12.4 Å². The van der Waals surface area contributed by atoms with Gasteiger partial charge in [-0.15, -0.1) is 0 Å². The van der Waals surface area contributed by atoms with Crippen molar-refractivity contribution < 1.29 is 9.47 Å². The molecule has 1 aliphatic heterocycles. The standard InChI is InChI=1S/C12H18N2O2/c13-7-10-4-5-14-8-12(10)16-9-11-3-1-2-6-15-11/h4-5,8,11H,1-3,6-7,9,13H2. The highest BCUT2D eigenvalue weighted by atomic mass is 16.5. The summed E-state index contributed by atoms with van der Waals surface area (Å²) in [4.78, 5) is 4.04. The van der Waals surface area contributed by atoms with Crippen LogP contribution in [0.5, 0.6) is 5.75 Å². The van der Waals surface area contributed by atoms with Gasteiger partial charge >= 0.3 is 0 Å². The minimum Gasteiger partial charge on any atom is -0.489 e. The highest BCUT2D eigenvalue weighted by molar-refractivity contribution is 5.29. The SMILES string of the molecule is NCc1ccncc1OCC1CCCCO1. The van der Waals surface area contributed by atoms with Crippen molar-refractivity contribution in [2.45, 2.75) is 31.9 Å². The van der Waals surface area contributed by atoms with E-state index in [2.05, 4.69) is 4.98 Å². The van der Waals surface area contributed by atoms with Crippen LogP contribution in [-0.4, -0.2) is 24.3 Å². The van der Waals surface area contributed by atoms with Gasteiger partial charge in [0.25, 0.3) is 0 Å². The molecule has 0 aliphatic carbocycles. The lowest BCUT2D eigenvalue weighted by Gasteiger charge is -2.23. The van der Waals surface area contributed by atoms with Gasteiger partial charge in [-0.3, -0.25) is 4.98 Å². The lowest BCUT2D eigenvalue weighted by molar-refractivity contribution is -0.0113. The van der Waals surface area contributed by atoms with Crippen molar-refractivity contribution in [2.75, 3.05) is 13.2 Å². The van der Waals surface area contributed by atoms with Gasteiger partial charge in [-0.05, 0) is 25.3 Å². The van der Waals surface area contributed by atoms with Crippen LogP contribution in [0.15, 0.2) is 18.5 Å². The Morgan fingerprint density at radius 2 is 2.44 bits per heavy atom. The average Bonchev–Trinajstić information content (AvgIpc) is 2.38. The Balaban J connectivity index is 1.88. The summed E-state index contributed by atoms with van der Waals surface area (Å²) in [5, 5.41) is 0. The molecule has 2 heterocycles. The second-order valence-electron chi connectivity index (χ2n) is 3.99. The Morgan fingerprint density at radius 1 is 1.50 bits per heavy atom. The molecule has 2 rings (SSSR count). The summed E-state index contributed by atoms with van der Waals surface area (Å²) in [5.74, 6) is 0.777. The molecule has 2 N–H and O–H groups in total. The molecule has 4 nitrogen and oxygen atoms in total. The minimum absolute atomic E-state index is 0.222. The molecule has 1 aromatic heterocycles. The molecule has 0 saturated carbocycles. The quantitative estimate of drug-likeness (QED) is 0.838. The zero-order chi connectivity index (χ0) is 11.2. The molecule has 1 aromatic rings. The lowest BCUT2D eigenvalue weighted by atomic mass is 10.1. The van der Waals surface area contributed by atoms with Crippen LogP contribution in [0, 0.1) is 0 Å². The number of nitrogens with zero attached hydrogens (tertiary/aromatic N) is 1. The molecule has 16 heavy (non-hydrogen) atoms. The third-order valence-electron chi connectivity index (χ3n) is 2.79. The summed E-state index contributed by atoms with van der Waals surface area (Å²) < 4.78 is 11.3. The summed E-state index contributed by atoms with van der Waals surface area (Å²) in [5.41, 5.74) is 6.61. The number of hydrogen-bond acceptors (Lipinski definition) is 4. The van der Waals surface area contributed by atoms with Gasteiger partial charge in [0.2, 0.25) is 0 Å². The van der Waals surface area contributed by atoms with E-state index in [4.69, 9.17) is 15.2 Å². The zero-order valence-corrected chi connectivity index (χ0v) is 9.39. The van der Waals surface area contributed by atoms with Crippen LogP contribution < -0.4 is 10.5 Å². The maximum absolute atomic E-state index is 5.70. The molecule has 1 atom stereocenters. The first-order valence-electron chi connectivity index (χ1n) is 5.77. The Hall–Kier alpha value is -1.13. The predicted octanol–water partition coefficient (Wildman–Crippen LogP) is 1.49.